The molecular weight excluding hydrogens is 284 g/mol. The number of carbonyl (C=O) groups is 3. The Hall–Kier alpha value is -2.34. The fourth-order valence-electron chi connectivity index (χ4n) is 1.35. The molecule has 0 aromatic heterocycles. The van der Waals surface area contributed by atoms with Crippen molar-refractivity contribution in [3.05, 3.63) is 39.9 Å². The third kappa shape index (κ3) is 3.58. The van der Waals surface area contributed by atoms with Crippen molar-refractivity contribution in [3.63, 3.8) is 0 Å². The largest absolute Gasteiger partial charge is 0.478 e. The summed E-state index contributed by atoms with van der Waals surface area (Å²) in [7, 11) is 0. The molecule has 0 heterocycles. The van der Waals surface area contributed by atoms with E-state index >= 15 is 0 Å². The van der Waals surface area contributed by atoms with Gasteiger partial charge in [-0.2, -0.15) is 0 Å². The Kier molecular flexibility index (Phi) is 4.88. The van der Waals surface area contributed by atoms with Crippen LogP contribution in [0, 0.1) is 0 Å². The molecule has 1 aromatic rings. The van der Waals surface area contributed by atoms with Crippen molar-refractivity contribution in [3.8, 4) is 0 Å². The molecular formula is C13H13ClN2O4. The van der Waals surface area contributed by atoms with Crippen LogP contribution in [0.15, 0.2) is 29.3 Å². The second-order valence-electron chi connectivity index (χ2n) is 4.07. The van der Waals surface area contributed by atoms with Crippen molar-refractivity contribution in [1.29, 1.82) is 0 Å². The van der Waals surface area contributed by atoms with Crippen molar-refractivity contribution in [2.24, 2.45) is 5.73 Å². The number of primary amides is 1. The summed E-state index contributed by atoms with van der Waals surface area (Å²) >= 11 is 5.78. The Morgan fingerprint density at radius 2 is 1.80 bits per heavy atom. The average Bonchev–Trinajstić information content (AvgIpc) is 2.38. The Bertz CT molecular complexity index is 623. The smallest absolute Gasteiger partial charge is 0.331 e. The van der Waals surface area contributed by atoms with Crippen LogP contribution < -0.4 is 11.1 Å². The summed E-state index contributed by atoms with van der Waals surface area (Å²) in [6.45, 7) is 2.72. The standard InChI is InChI=1S/C13H13ClN2O4/c1-6(7(2)13(19)20)12(18)16-8-3-4-10(14)9(5-8)11(15)17/h3-5H,1-2H3,(H2,15,17)(H,16,18)(H,19,20). The van der Waals surface area contributed by atoms with Crippen molar-refractivity contribution in [1.82, 2.24) is 0 Å². The molecule has 0 aliphatic rings. The van der Waals surface area contributed by atoms with Gasteiger partial charge < -0.3 is 16.2 Å². The first-order valence-electron chi connectivity index (χ1n) is 5.55. The lowest BCUT2D eigenvalue weighted by molar-refractivity contribution is -0.133. The molecule has 0 unspecified atom stereocenters. The summed E-state index contributed by atoms with van der Waals surface area (Å²) in [5.74, 6) is -2.48. The highest BCUT2D eigenvalue weighted by molar-refractivity contribution is 6.34. The normalized spacial score (nSPS) is 11.6. The number of rotatable bonds is 4. The van der Waals surface area contributed by atoms with Crippen LogP contribution in [0.1, 0.15) is 24.2 Å². The second-order valence-corrected chi connectivity index (χ2v) is 4.48. The van der Waals surface area contributed by atoms with Crippen molar-refractivity contribution >= 4 is 35.1 Å². The van der Waals surface area contributed by atoms with Gasteiger partial charge in [0.25, 0.3) is 5.91 Å². The van der Waals surface area contributed by atoms with E-state index in [1.807, 2.05) is 0 Å². The summed E-state index contributed by atoms with van der Waals surface area (Å²) in [5.41, 5.74) is 5.51. The molecule has 0 radical (unpaired) electrons. The minimum atomic E-state index is -1.17. The van der Waals surface area contributed by atoms with Gasteiger partial charge in [-0.25, -0.2) is 4.79 Å². The van der Waals surface area contributed by atoms with E-state index in [-0.39, 0.29) is 21.7 Å². The van der Waals surface area contributed by atoms with Gasteiger partial charge in [-0.1, -0.05) is 11.6 Å². The molecule has 7 heteroatoms. The zero-order valence-corrected chi connectivity index (χ0v) is 11.6. The predicted octanol–water partition coefficient (Wildman–Crippen LogP) is 1.80. The summed E-state index contributed by atoms with van der Waals surface area (Å²) in [5, 5.41) is 11.4. The van der Waals surface area contributed by atoms with Gasteiger partial charge in [0.1, 0.15) is 0 Å². The van der Waals surface area contributed by atoms with E-state index in [0.717, 1.165) is 0 Å². The van der Waals surface area contributed by atoms with Crippen LogP contribution in [0.3, 0.4) is 0 Å². The Morgan fingerprint density at radius 1 is 1.20 bits per heavy atom. The fourth-order valence-corrected chi connectivity index (χ4v) is 1.56. The molecule has 4 N–H and O–H groups in total. The molecule has 0 saturated heterocycles. The van der Waals surface area contributed by atoms with Crippen LogP contribution in [-0.2, 0) is 9.59 Å². The first-order chi connectivity index (χ1) is 9.23. The molecule has 0 aliphatic heterocycles. The number of hydrogen-bond donors (Lipinski definition) is 3. The molecule has 1 aromatic carbocycles. The number of amides is 2. The van der Waals surface area contributed by atoms with Crippen molar-refractivity contribution in [2.45, 2.75) is 13.8 Å². The maximum absolute atomic E-state index is 11.8. The molecule has 0 aliphatic carbocycles. The molecule has 106 valence electrons. The maximum Gasteiger partial charge on any atom is 0.331 e. The van der Waals surface area contributed by atoms with E-state index in [4.69, 9.17) is 22.4 Å². The van der Waals surface area contributed by atoms with Crippen LogP contribution in [0.5, 0.6) is 0 Å². The van der Waals surface area contributed by atoms with Gasteiger partial charge in [0.15, 0.2) is 0 Å². The number of nitrogens with two attached hydrogens (primary N) is 1. The number of halogens is 1. The second kappa shape index (κ2) is 6.21. The lowest BCUT2D eigenvalue weighted by Crippen LogP contribution is -2.17. The Balaban J connectivity index is 3.03. The molecule has 6 nitrogen and oxygen atoms in total. The maximum atomic E-state index is 11.8. The number of carbonyl (C=O) groups excluding carboxylic acids is 2. The molecule has 0 atom stereocenters. The molecule has 0 bridgehead atoms. The van der Waals surface area contributed by atoms with Crippen molar-refractivity contribution < 1.29 is 19.5 Å². The molecule has 20 heavy (non-hydrogen) atoms. The average molecular weight is 297 g/mol. The Morgan fingerprint density at radius 3 is 2.30 bits per heavy atom. The topological polar surface area (TPSA) is 109 Å². The number of anilines is 1. The van der Waals surface area contributed by atoms with Crippen LogP contribution in [-0.4, -0.2) is 22.9 Å². The lowest BCUT2D eigenvalue weighted by Gasteiger charge is -2.08. The van der Waals surface area contributed by atoms with E-state index in [0.29, 0.717) is 5.69 Å². The lowest BCUT2D eigenvalue weighted by atomic mass is 10.1. The van der Waals surface area contributed by atoms with Gasteiger partial charge in [0.05, 0.1) is 10.6 Å². The quantitative estimate of drug-likeness (QED) is 0.736. The fraction of sp³-hybridized carbons (Fsp3) is 0.154. The Labute approximate surface area is 120 Å². The molecule has 0 saturated carbocycles. The number of hydrogen-bond acceptors (Lipinski definition) is 3. The summed E-state index contributed by atoms with van der Waals surface area (Å²) in [6.07, 6.45) is 0. The molecule has 1 rings (SSSR count). The zero-order chi connectivity index (χ0) is 15.4. The highest BCUT2D eigenvalue weighted by Gasteiger charge is 2.14. The van der Waals surface area contributed by atoms with E-state index < -0.39 is 17.8 Å². The van der Waals surface area contributed by atoms with E-state index in [2.05, 4.69) is 5.32 Å². The number of carboxylic acids is 1. The van der Waals surface area contributed by atoms with Gasteiger partial charge in [-0.15, -0.1) is 0 Å². The summed E-state index contributed by atoms with van der Waals surface area (Å²) in [6, 6.07) is 4.22. The monoisotopic (exact) mass is 296 g/mol. The number of benzene rings is 1. The van der Waals surface area contributed by atoms with Crippen LogP contribution in [0.2, 0.25) is 5.02 Å². The predicted molar refractivity (Wildman–Crippen MR) is 74.6 cm³/mol. The van der Waals surface area contributed by atoms with Crippen LogP contribution >= 0.6 is 11.6 Å². The third-order valence-electron chi connectivity index (χ3n) is 2.71. The zero-order valence-electron chi connectivity index (χ0n) is 10.9. The first kappa shape index (κ1) is 15.7. The number of nitrogens with one attached hydrogen (secondary N) is 1. The minimum Gasteiger partial charge on any atom is -0.478 e. The molecule has 0 fully saturated rings. The van der Waals surface area contributed by atoms with Gasteiger partial charge in [0, 0.05) is 16.8 Å². The van der Waals surface area contributed by atoms with Gasteiger partial charge in [0.2, 0.25) is 5.91 Å². The summed E-state index contributed by atoms with van der Waals surface area (Å²) < 4.78 is 0. The van der Waals surface area contributed by atoms with Crippen LogP contribution in [0.4, 0.5) is 5.69 Å². The SMILES string of the molecule is CC(C(=O)O)=C(C)C(=O)Nc1ccc(Cl)c(C(N)=O)c1. The van der Waals surface area contributed by atoms with Crippen LogP contribution in [0.25, 0.3) is 0 Å². The van der Waals surface area contributed by atoms with E-state index in [9.17, 15) is 14.4 Å². The number of carboxylic acid groups (broad SMARTS) is 1. The van der Waals surface area contributed by atoms with Crippen molar-refractivity contribution in [2.75, 3.05) is 5.32 Å². The first-order valence-corrected chi connectivity index (χ1v) is 5.93. The highest BCUT2D eigenvalue weighted by Crippen LogP contribution is 2.20. The van der Waals surface area contributed by atoms with Gasteiger partial charge in [-0.05, 0) is 32.0 Å². The number of aliphatic carboxylic acids is 1. The van der Waals surface area contributed by atoms with Gasteiger partial charge >= 0.3 is 5.97 Å². The molecule has 2 amide bonds. The van der Waals surface area contributed by atoms with E-state index in [1.165, 1.54) is 32.0 Å². The third-order valence-corrected chi connectivity index (χ3v) is 3.04. The summed E-state index contributed by atoms with van der Waals surface area (Å²) in [4.78, 5) is 33.7. The molecule has 0 spiro atoms. The highest BCUT2D eigenvalue weighted by atomic mass is 35.5. The van der Waals surface area contributed by atoms with E-state index in [1.54, 1.807) is 0 Å². The minimum absolute atomic E-state index is 0.0630. The van der Waals surface area contributed by atoms with Gasteiger partial charge in [-0.3, -0.25) is 9.59 Å².